The van der Waals surface area contributed by atoms with Crippen molar-refractivity contribution in [2.45, 2.75) is 25.5 Å². The lowest BCUT2D eigenvalue weighted by atomic mass is 10.1. The molecule has 1 saturated carbocycles. The Kier molecular flexibility index (Phi) is 4.69. The third-order valence-electron chi connectivity index (χ3n) is 4.70. The topological polar surface area (TPSA) is 67.0 Å². The number of amides is 1. The zero-order valence-corrected chi connectivity index (χ0v) is 14.4. The molecule has 1 amide bonds. The van der Waals surface area contributed by atoms with Gasteiger partial charge in [-0.2, -0.15) is 5.10 Å². The first-order valence-corrected chi connectivity index (χ1v) is 8.82. The Labute approximate surface area is 152 Å². The van der Waals surface area contributed by atoms with E-state index in [0.29, 0.717) is 19.1 Å². The van der Waals surface area contributed by atoms with Gasteiger partial charge in [0.15, 0.2) is 0 Å². The normalized spacial score (nSPS) is 18.3. The molecule has 1 heterocycles. The molecule has 26 heavy (non-hydrogen) atoms. The molecule has 2 atom stereocenters. The van der Waals surface area contributed by atoms with Gasteiger partial charge in [0, 0.05) is 12.1 Å². The fourth-order valence-corrected chi connectivity index (χ4v) is 3.10. The van der Waals surface area contributed by atoms with Gasteiger partial charge in [0.05, 0.1) is 12.2 Å². The van der Waals surface area contributed by atoms with Crippen LogP contribution >= 0.6 is 0 Å². The van der Waals surface area contributed by atoms with Gasteiger partial charge in [-0.3, -0.25) is 9.89 Å². The minimum atomic E-state index is 0.0639. The summed E-state index contributed by atoms with van der Waals surface area (Å²) in [5.41, 5.74) is 3.25. The van der Waals surface area contributed by atoms with Gasteiger partial charge in [0.2, 0.25) is 5.91 Å². The third kappa shape index (κ3) is 3.94. The number of H-pyrrole nitrogens is 1. The molecule has 1 fully saturated rings. The first kappa shape index (κ1) is 16.4. The molecule has 0 saturated heterocycles. The van der Waals surface area contributed by atoms with Crippen LogP contribution in [0.15, 0.2) is 66.9 Å². The molecule has 5 nitrogen and oxygen atoms in total. The van der Waals surface area contributed by atoms with Crippen LogP contribution < -0.4 is 10.1 Å². The molecule has 4 rings (SSSR count). The van der Waals surface area contributed by atoms with Gasteiger partial charge in [-0.1, -0.05) is 42.5 Å². The van der Waals surface area contributed by atoms with E-state index in [4.69, 9.17) is 4.74 Å². The summed E-state index contributed by atoms with van der Waals surface area (Å²) in [6.45, 7) is 1.05. The van der Waals surface area contributed by atoms with Crippen LogP contribution in [-0.4, -0.2) is 16.1 Å². The Morgan fingerprint density at radius 1 is 1.12 bits per heavy atom. The molecule has 0 unspecified atom stereocenters. The fraction of sp³-hybridized carbons (Fsp3) is 0.238. The first-order chi connectivity index (χ1) is 12.8. The van der Waals surface area contributed by atoms with E-state index in [1.54, 1.807) is 6.20 Å². The number of nitrogens with zero attached hydrogens (tertiary/aromatic N) is 1. The van der Waals surface area contributed by atoms with Crippen molar-refractivity contribution in [2.75, 3.05) is 0 Å². The Balaban J connectivity index is 1.27. The van der Waals surface area contributed by atoms with Crippen molar-refractivity contribution in [3.05, 3.63) is 83.7 Å². The maximum absolute atomic E-state index is 12.2. The average molecular weight is 347 g/mol. The average Bonchev–Trinajstić information content (AvgIpc) is 3.32. The van der Waals surface area contributed by atoms with E-state index in [2.05, 4.69) is 27.6 Å². The van der Waals surface area contributed by atoms with Gasteiger partial charge < -0.3 is 10.1 Å². The summed E-state index contributed by atoms with van der Waals surface area (Å²) in [6, 6.07) is 20.1. The molecule has 1 aromatic heterocycles. The van der Waals surface area contributed by atoms with Crippen LogP contribution in [0.2, 0.25) is 0 Å². The Morgan fingerprint density at radius 2 is 1.92 bits per heavy atom. The van der Waals surface area contributed by atoms with Gasteiger partial charge in [-0.15, -0.1) is 0 Å². The molecule has 132 valence electrons. The number of aromatic nitrogens is 2. The zero-order valence-electron chi connectivity index (χ0n) is 14.4. The van der Waals surface area contributed by atoms with Crippen molar-refractivity contribution in [1.29, 1.82) is 0 Å². The Hall–Kier alpha value is -3.08. The number of rotatable bonds is 7. The van der Waals surface area contributed by atoms with E-state index in [1.165, 1.54) is 5.56 Å². The quantitative estimate of drug-likeness (QED) is 0.688. The molecule has 1 aliphatic rings. The van der Waals surface area contributed by atoms with Crippen molar-refractivity contribution >= 4 is 5.91 Å². The molecule has 5 heteroatoms. The predicted octanol–water partition coefficient (Wildman–Crippen LogP) is 3.41. The molecular weight excluding hydrogens is 326 g/mol. The molecule has 0 aliphatic heterocycles. The molecule has 0 radical (unpaired) electrons. The van der Waals surface area contributed by atoms with E-state index >= 15 is 0 Å². The van der Waals surface area contributed by atoms with Crippen molar-refractivity contribution in [3.8, 4) is 5.75 Å². The summed E-state index contributed by atoms with van der Waals surface area (Å²) in [5, 5.41) is 9.69. The van der Waals surface area contributed by atoms with Crippen molar-refractivity contribution < 1.29 is 9.53 Å². The highest BCUT2D eigenvalue weighted by atomic mass is 16.5. The van der Waals surface area contributed by atoms with Crippen LogP contribution in [0, 0.1) is 5.92 Å². The first-order valence-electron chi connectivity index (χ1n) is 8.82. The Morgan fingerprint density at radius 3 is 2.65 bits per heavy atom. The minimum absolute atomic E-state index is 0.0639. The molecule has 2 aromatic carbocycles. The highest BCUT2D eigenvalue weighted by Gasteiger charge is 2.43. The van der Waals surface area contributed by atoms with Gasteiger partial charge in [-0.05, 0) is 41.7 Å². The van der Waals surface area contributed by atoms with E-state index in [0.717, 1.165) is 23.4 Å². The lowest BCUT2D eigenvalue weighted by molar-refractivity contribution is -0.122. The van der Waals surface area contributed by atoms with E-state index in [1.807, 2.05) is 48.5 Å². The Bertz CT molecular complexity index is 845. The van der Waals surface area contributed by atoms with E-state index < -0.39 is 0 Å². The molecular formula is C21H21N3O2. The summed E-state index contributed by atoms with van der Waals surface area (Å²) >= 11 is 0. The zero-order chi connectivity index (χ0) is 17.8. The van der Waals surface area contributed by atoms with Crippen molar-refractivity contribution in [3.63, 3.8) is 0 Å². The SMILES string of the molecule is O=C(NCc1ccn[nH]1)[C@H]1C[C@@H]1c1ccc(OCc2ccccc2)cc1. The van der Waals surface area contributed by atoms with Crippen LogP contribution in [0.3, 0.4) is 0 Å². The minimum Gasteiger partial charge on any atom is -0.489 e. The second-order valence-electron chi connectivity index (χ2n) is 6.59. The molecule has 3 aromatic rings. The molecule has 1 aliphatic carbocycles. The number of aromatic amines is 1. The maximum atomic E-state index is 12.2. The third-order valence-corrected chi connectivity index (χ3v) is 4.70. The van der Waals surface area contributed by atoms with Gasteiger partial charge >= 0.3 is 0 Å². The number of benzene rings is 2. The van der Waals surface area contributed by atoms with E-state index in [9.17, 15) is 4.79 Å². The number of hydrogen-bond donors (Lipinski definition) is 2. The highest BCUT2D eigenvalue weighted by Crippen LogP contribution is 2.47. The summed E-state index contributed by atoms with van der Waals surface area (Å²) < 4.78 is 5.81. The monoisotopic (exact) mass is 347 g/mol. The summed E-state index contributed by atoms with van der Waals surface area (Å²) in [6.07, 6.45) is 2.59. The number of carbonyl (C=O) groups excluding carboxylic acids is 1. The van der Waals surface area contributed by atoms with Crippen LogP contribution in [0.5, 0.6) is 5.75 Å². The molecule has 2 N–H and O–H groups in total. The fourth-order valence-electron chi connectivity index (χ4n) is 3.10. The summed E-state index contributed by atoms with van der Waals surface area (Å²) in [4.78, 5) is 12.2. The number of ether oxygens (including phenoxy) is 1. The molecule has 0 bridgehead atoms. The van der Waals surface area contributed by atoms with Crippen LogP contribution in [0.4, 0.5) is 0 Å². The largest absolute Gasteiger partial charge is 0.489 e. The lowest BCUT2D eigenvalue weighted by Gasteiger charge is -2.07. The van der Waals surface area contributed by atoms with Crippen LogP contribution in [-0.2, 0) is 17.9 Å². The van der Waals surface area contributed by atoms with Crippen molar-refractivity contribution in [2.24, 2.45) is 5.92 Å². The van der Waals surface area contributed by atoms with Gasteiger partial charge in [0.25, 0.3) is 0 Å². The van der Waals surface area contributed by atoms with Crippen LogP contribution in [0.1, 0.15) is 29.2 Å². The lowest BCUT2D eigenvalue weighted by Crippen LogP contribution is -2.25. The standard InChI is InChI=1S/C21H21N3O2/c25-21(22-13-17-10-11-23-24-17)20-12-19(20)16-6-8-18(9-7-16)26-14-15-4-2-1-3-5-15/h1-11,19-20H,12-14H2,(H,22,25)(H,23,24)/t19-,20+/m1/s1. The van der Waals surface area contributed by atoms with Gasteiger partial charge in [-0.25, -0.2) is 0 Å². The van der Waals surface area contributed by atoms with Gasteiger partial charge in [0.1, 0.15) is 12.4 Å². The van der Waals surface area contributed by atoms with E-state index in [-0.39, 0.29) is 11.8 Å². The molecule has 0 spiro atoms. The second-order valence-corrected chi connectivity index (χ2v) is 6.59. The smallest absolute Gasteiger partial charge is 0.224 e. The number of carbonyl (C=O) groups is 1. The summed E-state index contributed by atoms with van der Waals surface area (Å²) in [5.74, 6) is 1.32. The van der Waals surface area contributed by atoms with Crippen LogP contribution in [0.25, 0.3) is 0 Å². The summed E-state index contributed by atoms with van der Waals surface area (Å²) in [7, 11) is 0. The predicted molar refractivity (Wildman–Crippen MR) is 98.5 cm³/mol. The number of hydrogen-bond acceptors (Lipinski definition) is 3. The maximum Gasteiger partial charge on any atom is 0.224 e. The second kappa shape index (κ2) is 7.44. The van der Waals surface area contributed by atoms with Crippen molar-refractivity contribution in [1.82, 2.24) is 15.5 Å². The highest BCUT2D eigenvalue weighted by molar-refractivity contribution is 5.82. The number of nitrogens with one attached hydrogen (secondary N) is 2.